The zero-order valence-corrected chi connectivity index (χ0v) is 8.89. The van der Waals surface area contributed by atoms with Gasteiger partial charge >= 0.3 is 5.97 Å². The Morgan fingerprint density at radius 2 is 2.12 bits per heavy atom. The molecule has 0 fully saturated rings. The lowest BCUT2D eigenvalue weighted by atomic mass is 10.3. The van der Waals surface area contributed by atoms with Gasteiger partial charge in [0.2, 0.25) is 6.79 Å². The molecule has 0 saturated heterocycles. The van der Waals surface area contributed by atoms with Gasteiger partial charge < -0.3 is 18.9 Å². The van der Waals surface area contributed by atoms with Crippen molar-refractivity contribution in [3.8, 4) is 17.2 Å². The van der Waals surface area contributed by atoms with Crippen molar-refractivity contribution < 1.29 is 23.7 Å². The first-order valence-corrected chi connectivity index (χ1v) is 4.91. The topological polar surface area (TPSA) is 54.0 Å². The molecule has 5 heteroatoms. The van der Waals surface area contributed by atoms with Crippen molar-refractivity contribution in [3.63, 3.8) is 0 Å². The van der Waals surface area contributed by atoms with E-state index in [1.807, 2.05) is 0 Å². The molecule has 0 aromatic heterocycles. The minimum Gasteiger partial charge on any atom is -0.490 e. The number of hydrogen-bond acceptors (Lipinski definition) is 5. The molecular weight excluding hydrogens is 212 g/mol. The molecule has 0 radical (unpaired) electrons. The van der Waals surface area contributed by atoms with Gasteiger partial charge in [0.05, 0.1) is 0 Å². The summed E-state index contributed by atoms with van der Waals surface area (Å²) in [5.74, 6) is 1.74. The van der Waals surface area contributed by atoms with E-state index in [0.717, 1.165) is 0 Å². The van der Waals surface area contributed by atoms with Crippen molar-refractivity contribution >= 4 is 5.97 Å². The van der Waals surface area contributed by atoms with Crippen LogP contribution >= 0.6 is 0 Å². The number of hydrogen-bond donors (Lipinski definition) is 0. The lowest BCUT2D eigenvalue weighted by Crippen LogP contribution is -2.09. The SMILES string of the molecule is CC(=O)OCCOc1ccc2c(c1)OCO2. The fraction of sp³-hybridized carbons (Fsp3) is 0.364. The van der Waals surface area contributed by atoms with Crippen LogP contribution in [0.1, 0.15) is 6.92 Å². The average molecular weight is 224 g/mol. The summed E-state index contributed by atoms with van der Waals surface area (Å²) in [7, 11) is 0. The highest BCUT2D eigenvalue weighted by Gasteiger charge is 2.13. The summed E-state index contributed by atoms with van der Waals surface area (Å²) in [5, 5.41) is 0. The number of carbonyl (C=O) groups excluding carboxylic acids is 1. The van der Waals surface area contributed by atoms with E-state index in [0.29, 0.717) is 23.9 Å². The van der Waals surface area contributed by atoms with Gasteiger partial charge in [0.1, 0.15) is 19.0 Å². The Hall–Kier alpha value is -1.91. The Morgan fingerprint density at radius 1 is 1.31 bits per heavy atom. The van der Waals surface area contributed by atoms with Crippen LogP contribution in [-0.2, 0) is 9.53 Å². The normalized spacial score (nSPS) is 12.3. The molecule has 1 aromatic rings. The zero-order valence-electron chi connectivity index (χ0n) is 8.89. The van der Waals surface area contributed by atoms with Gasteiger partial charge in [-0.15, -0.1) is 0 Å². The lowest BCUT2D eigenvalue weighted by Gasteiger charge is -2.06. The van der Waals surface area contributed by atoms with Crippen molar-refractivity contribution in [3.05, 3.63) is 18.2 Å². The summed E-state index contributed by atoms with van der Waals surface area (Å²) in [6.07, 6.45) is 0. The quantitative estimate of drug-likeness (QED) is 0.571. The number of benzene rings is 1. The molecule has 1 aromatic carbocycles. The molecule has 0 saturated carbocycles. The van der Waals surface area contributed by atoms with Gasteiger partial charge in [0.25, 0.3) is 0 Å². The summed E-state index contributed by atoms with van der Waals surface area (Å²) in [6.45, 7) is 2.16. The molecule has 0 amide bonds. The Labute approximate surface area is 92.9 Å². The Balaban J connectivity index is 1.83. The fourth-order valence-corrected chi connectivity index (χ4v) is 1.31. The van der Waals surface area contributed by atoms with Gasteiger partial charge in [-0.05, 0) is 12.1 Å². The van der Waals surface area contributed by atoms with Crippen molar-refractivity contribution in [2.24, 2.45) is 0 Å². The summed E-state index contributed by atoms with van der Waals surface area (Å²) in [5.41, 5.74) is 0. The highest BCUT2D eigenvalue weighted by Crippen LogP contribution is 2.34. The molecule has 0 aliphatic carbocycles. The molecule has 0 unspecified atom stereocenters. The molecule has 1 aliphatic heterocycles. The maximum Gasteiger partial charge on any atom is 0.302 e. The number of fused-ring (bicyclic) bond motifs is 1. The third kappa shape index (κ3) is 2.56. The number of ether oxygens (including phenoxy) is 4. The maximum absolute atomic E-state index is 10.5. The lowest BCUT2D eigenvalue weighted by molar-refractivity contribution is -0.141. The molecule has 0 N–H and O–H groups in total. The van der Waals surface area contributed by atoms with E-state index < -0.39 is 0 Å². The van der Waals surface area contributed by atoms with Gasteiger partial charge in [-0.1, -0.05) is 0 Å². The molecule has 86 valence electrons. The molecule has 0 bridgehead atoms. The van der Waals surface area contributed by atoms with E-state index in [9.17, 15) is 4.79 Å². The van der Waals surface area contributed by atoms with Crippen LogP contribution in [-0.4, -0.2) is 26.0 Å². The molecule has 1 heterocycles. The predicted octanol–water partition coefficient (Wildman–Crippen LogP) is 1.36. The van der Waals surface area contributed by atoms with Gasteiger partial charge in [-0.2, -0.15) is 0 Å². The standard InChI is InChI=1S/C11H12O5/c1-8(12)13-4-5-14-9-2-3-10-11(6-9)16-7-15-10/h2-3,6H,4-5,7H2,1H3. The summed E-state index contributed by atoms with van der Waals surface area (Å²) >= 11 is 0. The van der Waals surface area contributed by atoms with Crippen molar-refractivity contribution in [1.82, 2.24) is 0 Å². The van der Waals surface area contributed by atoms with E-state index in [-0.39, 0.29) is 19.4 Å². The van der Waals surface area contributed by atoms with E-state index in [1.165, 1.54) is 6.92 Å². The second-order valence-electron chi connectivity index (χ2n) is 3.20. The van der Waals surface area contributed by atoms with Gasteiger partial charge in [-0.25, -0.2) is 0 Å². The van der Waals surface area contributed by atoms with Crippen LogP contribution in [0.25, 0.3) is 0 Å². The smallest absolute Gasteiger partial charge is 0.302 e. The predicted molar refractivity (Wildman–Crippen MR) is 54.7 cm³/mol. The monoisotopic (exact) mass is 224 g/mol. The summed E-state index contributed by atoms with van der Waals surface area (Å²) < 4.78 is 20.5. The zero-order chi connectivity index (χ0) is 11.4. The molecule has 0 spiro atoms. The number of esters is 1. The molecule has 0 atom stereocenters. The van der Waals surface area contributed by atoms with Crippen LogP contribution in [0, 0.1) is 0 Å². The van der Waals surface area contributed by atoms with E-state index in [1.54, 1.807) is 18.2 Å². The maximum atomic E-state index is 10.5. The first-order chi connectivity index (χ1) is 7.75. The molecule has 5 nitrogen and oxygen atoms in total. The molecular formula is C11H12O5. The average Bonchev–Trinajstić information content (AvgIpc) is 2.71. The first-order valence-electron chi connectivity index (χ1n) is 4.91. The third-order valence-corrected chi connectivity index (χ3v) is 2.00. The van der Waals surface area contributed by atoms with E-state index in [4.69, 9.17) is 18.9 Å². The highest BCUT2D eigenvalue weighted by atomic mass is 16.7. The van der Waals surface area contributed by atoms with Crippen LogP contribution in [0.3, 0.4) is 0 Å². The summed E-state index contributed by atoms with van der Waals surface area (Å²) in [4.78, 5) is 10.5. The number of rotatable bonds is 4. The van der Waals surface area contributed by atoms with Crippen LogP contribution < -0.4 is 14.2 Å². The Morgan fingerprint density at radius 3 is 2.94 bits per heavy atom. The van der Waals surface area contributed by atoms with Crippen LogP contribution in [0.5, 0.6) is 17.2 Å². The number of carbonyl (C=O) groups is 1. The highest BCUT2D eigenvalue weighted by molar-refractivity contribution is 5.65. The van der Waals surface area contributed by atoms with E-state index >= 15 is 0 Å². The van der Waals surface area contributed by atoms with E-state index in [2.05, 4.69) is 0 Å². The Kier molecular flexibility index (Phi) is 3.14. The largest absolute Gasteiger partial charge is 0.490 e. The molecule has 1 aliphatic rings. The summed E-state index contributed by atoms with van der Waals surface area (Å²) in [6, 6.07) is 5.31. The van der Waals surface area contributed by atoms with Gasteiger partial charge in [-0.3, -0.25) is 4.79 Å². The van der Waals surface area contributed by atoms with Crippen LogP contribution in [0.2, 0.25) is 0 Å². The molecule has 2 rings (SSSR count). The van der Waals surface area contributed by atoms with Crippen LogP contribution in [0.15, 0.2) is 18.2 Å². The van der Waals surface area contributed by atoms with Gasteiger partial charge in [0.15, 0.2) is 11.5 Å². The first kappa shape index (κ1) is 10.6. The third-order valence-electron chi connectivity index (χ3n) is 2.00. The fourth-order valence-electron chi connectivity index (χ4n) is 1.31. The minimum absolute atomic E-state index is 0.240. The minimum atomic E-state index is -0.311. The molecule has 16 heavy (non-hydrogen) atoms. The van der Waals surface area contributed by atoms with Crippen LogP contribution in [0.4, 0.5) is 0 Å². The van der Waals surface area contributed by atoms with Crippen molar-refractivity contribution in [2.45, 2.75) is 6.92 Å². The van der Waals surface area contributed by atoms with Gasteiger partial charge in [0, 0.05) is 13.0 Å². The van der Waals surface area contributed by atoms with Crippen molar-refractivity contribution in [1.29, 1.82) is 0 Å². The second-order valence-corrected chi connectivity index (χ2v) is 3.20. The Bertz CT molecular complexity index is 388. The van der Waals surface area contributed by atoms with Crippen molar-refractivity contribution in [2.75, 3.05) is 20.0 Å². The second kappa shape index (κ2) is 4.74.